The molecule has 1 aliphatic rings. The van der Waals surface area contributed by atoms with Gasteiger partial charge in [-0.1, -0.05) is 26.2 Å². The van der Waals surface area contributed by atoms with Crippen LogP contribution in [0.2, 0.25) is 0 Å². The fourth-order valence-corrected chi connectivity index (χ4v) is 2.72. The van der Waals surface area contributed by atoms with Gasteiger partial charge >= 0.3 is 0 Å². The third kappa shape index (κ3) is 3.60. The number of hydrogen-bond donors (Lipinski definition) is 3. The molecule has 4 N–H and O–H groups in total. The first-order chi connectivity index (χ1) is 9.54. The first kappa shape index (κ1) is 15.0. The molecule has 1 aromatic rings. The van der Waals surface area contributed by atoms with Crippen molar-refractivity contribution in [3.05, 3.63) is 11.4 Å². The highest BCUT2D eigenvalue weighted by atomic mass is 16.3. The van der Waals surface area contributed by atoms with Crippen LogP contribution in [0.4, 0.5) is 11.6 Å². The number of nitrogens with two attached hydrogens (primary N) is 1. The predicted molar refractivity (Wildman–Crippen MR) is 81.7 cm³/mol. The van der Waals surface area contributed by atoms with Crippen molar-refractivity contribution in [3.8, 4) is 0 Å². The molecule has 0 radical (unpaired) electrons. The van der Waals surface area contributed by atoms with Gasteiger partial charge in [0, 0.05) is 18.5 Å². The van der Waals surface area contributed by atoms with Crippen LogP contribution in [0.1, 0.15) is 56.8 Å². The van der Waals surface area contributed by atoms with Gasteiger partial charge in [0.2, 0.25) is 0 Å². The SMILES string of the molecule is CCCc1nc(N)c(C)c(NCC2(O)CCCCC2)n1. The molecule has 20 heavy (non-hydrogen) atoms. The van der Waals surface area contributed by atoms with E-state index in [1.165, 1.54) is 6.42 Å². The predicted octanol–water partition coefficient (Wildman–Crippen LogP) is 2.43. The Kier molecular flexibility index (Phi) is 4.81. The molecule has 1 fully saturated rings. The number of nitrogens with one attached hydrogen (secondary N) is 1. The van der Waals surface area contributed by atoms with Gasteiger partial charge in [0.15, 0.2) is 0 Å². The highest BCUT2D eigenvalue weighted by Crippen LogP contribution is 2.28. The highest BCUT2D eigenvalue weighted by Gasteiger charge is 2.29. The number of anilines is 2. The fraction of sp³-hybridized carbons (Fsp3) is 0.733. The minimum atomic E-state index is -0.602. The number of aliphatic hydroxyl groups is 1. The molecule has 1 aliphatic carbocycles. The minimum absolute atomic E-state index is 0.529. The molecule has 112 valence electrons. The Balaban J connectivity index is 2.08. The maximum Gasteiger partial charge on any atom is 0.134 e. The van der Waals surface area contributed by atoms with E-state index in [1.807, 2.05) is 6.92 Å². The highest BCUT2D eigenvalue weighted by molar-refractivity contribution is 5.54. The van der Waals surface area contributed by atoms with Gasteiger partial charge in [0.25, 0.3) is 0 Å². The van der Waals surface area contributed by atoms with Crippen LogP contribution >= 0.6 is 0 Å². The maximum atomic E-state index is 10.5. The summed E-state index contributed by atoms with van der Waals surface area (Å²) in [6, 6.07) is 0. The minimum Gasteiger partial charge on any atom is -0.388 e. The van der Waals surface area contributed by atoms with Crippen LogP contribution in [-0.2, 0) is 6.42 Å². The van der Waals surface area contributed by atoms with Crippen molar-refractivity contribution in [2.24, 2.45) is 0 Å². The van der Waals surface area contributed by atoms with Crippen LogP contribution in [0.5, 0.6) is 0 Å². The fourth-order valence-electron chi connectivity index (χ4n) is 2.72. The van der Waals surface area contributed by atoms with Gasteiger partial charge in [-0.3, -0.25) is 0 Å². The zero-order valence-corrected chi connectivity index (χ0v) is 12.6. The van der Waals surface area contributed by atoms with Crippen LogP contribution in [0.3, 0.4) is 0 Å². The molecular formula is C15H26N4O. The summed E-state index contributed by atoms with van der Waals surface area (Å²) in [6.07, 6.45) is 6.97. The van der Waals surface area contributed by atoms with Gasteiger partial charge in [0.1, 0.15) is 17.5 Å². The Bertz CT molecular complexity index is 455. The largest absolute Gasteiger partial charge is 0.388 e. The molecule has 0 aromatic carbocycles. The lowest BCUT2D eigenvalue weighted by molar-refractivity contribution is 0.0166. The van der Waals surface area contributed by atoms with Crippen molar-refractivity contribution in [1.29, 1.82) is 0 Å². The molecule has 1 saturated carbocycles. The second-order valence-electron chi connectivity index (χ2n) is 5.89. The number of aromatic nitrogens is 2. The van der Waals surface area contributed by atoms with Crippen molar-refractivity contribution in [3.63, 3.8) is 0 Å². The van der Waals surface area contributed by atoms with Crippen LogP contribution in [0, 0.1) is 6.92 Å². The second-order valence-corrected chi connectivity index (χ2v) is 5.89. The van der Waals surface area contributed by atoms with Gasteiger partial charge in [0.05, 0.1) is 5.60 Å². The van der Waals surface area contributed by atoms with Crippen molar-refractivity contribution < 1.29 is 5.11 Å². The zero-order chi connectivity index (χ0) is 14.6. The van der Waals surface area contributed by atoms with E-state index in [2.05, 4.69) is 22.2 Å². The first-order valence-electron chi connectivity index (χ1n) is 7.63. The normalized spacial score (nSPS) is 17.9. The van der Waals surface area contributed by atoms with Crippen molar-refractivity contribution in [2.45, 2.75) is 64.4 Å². The van der Waals surface area contributed by atoms with E-state index in [-0.39, 0.29) is 0 Å². The maximum absolute atomic E-state index is 10.5. The Morgan fingerprint density at radius 3 is 2.60 bits per heavy atom. The zero-order valence-electron chi connectivity index (χ0n) is 12.6. The topological polar surface area (TPSA) is 84.1 Å². The Morgan fingerprint density at radius 2 is 1.95 bits per heavy atom. The summed E-state index contributed by atoms with van der Waals surface area (Å²) in [6.45, 7) is 4.55. The van der Waals surface area contributed by atoms with E-state index in [1.54, 1.807) is 0 Å². The molecule has 0 unspecified atom stereocenters. The van der Waals surface area contributed by atoms with Crippen LogP contribution in [0.15, 0.2) is 0 Å². The van der Waals surface area contributed by atoms with E-state index < -0.39 is 5.60 Å². The Hall–Kier alpha value is -1.36. The van der Waals surface area contributed by atoms with Gasteiger partial charge in [-0.15, -0.1) is 0 Å². The summed E-state index contributed by atoms with van der Waals surface area (Å²) in [4.78, 5) is 8.82. The lowest BCUT2D eigenvalue weighted by atomic mass is 9.85. The standard InChI is InChI=1S/C15H26N4O/c1-3-7-12-18-13(16)11(2)14(19-12)17-10-15(20)8-5-4-6-9-15/h20H,3-10H2,1-2H3,(H3,16,17,18,19). The summed E-state index contributed by atoms with van der Waals surface area (Å²) in [5.41, 5.74) is 6.20. The van der Waals surface area contributed by atoms with E-state index in [4.69, 9.17) is 5.73 Å². The third-order valence-corrected chi connectivity index (χ3v) is 4.07. The molecule has 5 nitrogen and oxygen atoms in total. The molecular weight excluding hydrogens is 252 g/mol. The first-order valence-corrected chi connectivity index (χ1v) is 7.63. The molecule has 0 spiro atoms. The molecule has 1 heterocycles. The van der Waals surface area contributed by atoms with Gasteiger partial charge < -0.3 is 16.2 Å². The molecule has 5 heteroatoms. The number of aryl methyl sites for hydroxylation is 1. The van der Waals surface area contributed by atoms with Crippen LogP contribution in [0.25, 0.3) is 0 Å². The average molecular weight is 278 g/mol. The summed E-state index contributed by atoms with van der Waals surface area (Å²) in [7, 11) is 0. The molecule has 2 rings (SSSR count). The molecule has 0 aliphatic heterocycles. The van der Waals surface area contributed by atoms with Crippen LogP contribution in [-0.4, -0.2) is 27.2 Å². The summed E-state index contributed by atoms with van der Waals surface area (Å²) >= 11 is 0. The van der Waals surface area contributed by atoms with Gasteiger partial charge in [-0.25, -0.2) is 9.97 Å². The number of nitrogen functional groups attached to an aromatic ring is 1. The van der Waals surface area contributed by atoms with E-state index in [9.17, 15) is 5.11 Å². The number of nitrogens with zero attached hydrogens (tertiary/aromatic N) is 2. The molecule has 0 atom stereocenters. The van der Waals surface area contributed by atoms with Gasteiger partial charge in [-0.2, -0.15) is 0 Å². The monoisotopic (exact) mass is 278 g/mol. The molecule has 0 bridgehead atoms. The summed E-state index contributed by atoms with van der Waals surface area (Å²) in [5.74, 6) is 2.07. The molecule has 0 amide bonds. The molecule has 1 aromatic heterocycles. The smallest absolute Gasteiger partial charge is 0.134 e. The average Bonchev–Trinajstić information content (AvgIpc) is 2.42. The summed E-state index contributed by atoms with van der Waals surface area (Å²) < 4.78 is 0. The second kappa shape index (κ2) is 6.39. The van der Waals surface area contributed by atoms with Crippen molar-refractivity contribution in [2.75, 3.05) is 17.6 Å². The van der Waals surface area contributed by atoms with Crippen molar-refractivity contribution in [1.82, 2.24) is 9.97 Å². The van der Waals surface area contributed by atoms with E-state index >= 15 is 0 Å². The Morgan fingerprint density at radius 1 is 1.25 bits per heavy atom. The third-order valence-electron chi connectivity index (χ3n) is 4.07. The lowest BCUT2D eigenvalue weighted by Crippen LogP contribution is -2.39. The van der Waals surface area contributed by atoms with E-state index in [0.717, 1.165) is 55.7 Å². The quantitative estimate of drug-likeness (QED) is 0.770. The van der Waals surface area contributed by atoms with Gasteiger partial charge in [-0.05, 0) is 26.2 Å². The van der Waals surface area contributed by atoms with Crippen LogP contribution < -0.4 is 11.1 Å². The van der Waals surface area contributed by atoms with Crippen molar-refractivity contribution >= 4 is 11.6 Å². The van der Waals surface area contributed by atoms with E-state index in [0.29, 0.717) is 12.4 Å². The summed E-state index contributed by atoms with van der Waals surface area (Å²) in [5, 5.41) is 13.8. The Labute approximate surface area is 121 Å². The number of hydrogen-bond acceptors (Lipinski definition) is 5. The number of rotatable bonds is 5. The molecule has 0 saturated heterocycles. The lowest BCUT2D eigenvalue weighted by Gasteiger charge is -2.32.